The number of fused-ring (bicyclic) bond motifs is 1. The molecule has 1 aliphatic carbocycles. The number of aromatic amines is 2. The lowest BCUT2D eigenvalue weighted by molar-refractivity contribution is -0.523. The number of carbonyl (C=O) groups is 1. The summed E-state index contributed by atoms with van der Waals surface area (Å²) >= 11 is 1.19. The molecule has 0 bridgehead atoms. The average molecular weight is 516 g/mol. The second-order valence-corrected chi connectivity index (χ2v) is 10.0. The van der Waals surface area contributed by atoms with Gasteiger partial charge in [0.1, 0.15) is 5.69 Å². The fourth-order valence-electron chi connectivity index (χ4n) is 4.02. The molecule has 14 heteroatoms. The first-order valence-corrected chi connectivity index (χ1v) is 12.2. The summed E-state index contributed by atoms with van der Waals surface area (Å²) < 4.78 is 28.5. The summed E-state index contributed by atoms with van der Waals surface area (Å²) in [6, 6.07) is 3.66. The van der Waals surface area contributed by atoms with Crippen LogP contribution in [0, 0.1) is 0 Å². The Morgan fingerprint density at radius 3 is 2.69 bits per heavy atom. The van der Waals surface area contributed by atoms with Gasteiger partial charge in [0.2, 0.25) is 11.5 Å². The van der Waals surface area contributed by atoms with Gasteiger partial charge in [-0.25, -0.2) is 13.6 Å². The Labute approximate surface area is 204 Å². The topological polar surface area (TPSA) is 146 Å². The smallest absolute Gasteiger partial charge is 0.420 e. The van der Waals surface area contributed by atoms with Crippen LogP contribution < -0.4 is 21.5 Å². The van der Waals surface area contributed by atoms with E-state index in [1.54, 1.807) is 28.9 Å². The van der Waals surface area contributed by atoms with Crippen LogP contribution in [0.4, 0.5) is 8.78 Å². The number of imidazole rings is 1. The van der Waals surface area contributed by atoms with Gasteiger partial charge in [-0.1, -0.05) is 4.52 Å². The van der Waals surface area contributed by atoms with Crippen LogP contribution in [0.1, 0.15) is 41.0 Å². The fourth-order valence-corrected chi connectivity index (χ4v) is 4.93. The highest BCUT2D eigenvalue weighted by Gasteiger charge is 2.36. The molecule has 1 amide bonds. The van der Waals surface area contributed by atoms with Gasteiger partial charge in [-0.2, -0.15) is 4.98 Å². The minimum absolute atomic E-state index is 0.0140. The summed E-state index contributed by atoms with van der Waals surface area (Å²) in [6.45, 7) is 0.0280. The van der Waals surface area contributed by atoms with Gasteiger partial charge in [-0.05, 0) is 36.0 Å². The highest BCUT2D eigenvalue weighted by molar-refractivity contribution is 7.17. The number of halogens is 2. The molecule has 0 aromatic carbocycles. The van der Waals surface area contributed by atoms with Gasteiger partial charge in [-0.15, -0.1) is 16.4 Å². The van der Waals surface area contributed by atoms with Gasteiger partial charge < -0.3 is 15.0 Å². The molecule has 0 unspecified atom stereocenters. The number of alkyl halides is 2. The number of thiophene rings is 1. The molecule has 5 heterocycles. The Morgan fingerprint density at radius 1 is 1.22 bits per heavy atom. The molecule has 0 radical (unpaired) electrons. The van der Waals surface area contributed by atoms with Crippen molar-refractivity contribution in [3.05, 3.63) is 50.2 Å². The van der Waals surface area contributed by atoms with Gasteiger partial charge in [-0.3, -0.25) is 14.8 Å². The quantitative estimate of drug-likeness (QED) is 0.278. The zero-order chi connectivity index (χ0) is 25.0. The van der Waals surface area contributed by atoms with E-state index in [4.69, 9.17) is 0 Å². The second-order valence-electron chi connectivity index (χ2n) is 8.92. The number of aromatic hydroxyl groups is 1. The summed E-state index contributed by atoms with van der Waals surface area (Å²) in [5, 5.41) is 14.8. The molecule has 36 heavy (non-hydrogen) atoms. The van der Waals surface area contributed by atoms with Crippen molar-refractivity contribution in [1.29, 1.82) is 0 Å². The molecule has 4 aromatic rings. The maximum Gasteiger partial charge on any atom is 0.420 e. The Kier molecular flexibility index (Phi) is 5.21. The van der Waals surface area contributed by atoms with E-state index in [2.05, 4.69) is 30.0 Å². The molecule has 1 saturated carbocycles. The normalized spacial score (nSPS) is 18.9. The van der Waals surface area contributed by atoms with E-state index in [1.165, 1.54) is 16.2 Å². The number of likely N-dealkylation sites (tertiary alicyclic amines) is 1. The molecule has 1 saturated heterocycles. The van der Waals surface area contributed by atoms with Crippen molar-refractivity contribution >= 4 is 29.0 Å². The fraction of sp³-hybridized carbons (Fsp3) is 0.364. The van der Waals surface area contributed by atoms with Gasteiger partial charge in [0.05, 0.1) is 27.2 Å². The largest absolute Gasteiger partial charge is 0.493 e. The third-order valence-electron chi connectivity index (χ3n) is 6.16. The van der Waals surface area contributed by atoms with E-state index in [9.17, 15) is 23.5 Å². The van der Waals surface area contributed by atoms with Crippen molar-refractivity contribution in [1.82, 2.24) is 34.4 Å². The molecule has 4 N–H and O–H groups in total. The number of rotatable bonds is 4. The maximum atomic E-state index is 13.5. The average Bonchev–Trinajstić information content (AvgIpc) is 3.22. The zero-order valence-electron chi connectivity index (χ0n) is 18.8. The number of nitrogens with zero attached hydrogens (tertiary/aromatic N) is 5. The summed E-state index contributed by atoms with van der Waals surface area (Å²) in [5.41, 5.74) is 0.547. The molecule has 0 spiro atoms. The minimum Gasteiger partial charge on any atom is -0.493 e. The van der Waals surface area contributed by atoms with E-state index in [1.807, 2.05) is 0 Å². The first-order chi connectivity index (χ1) is 17.3. The number of H-pyrrole nitrogens is 2. The van der Waals surface area contributed by atoms with Crippen LogP contribution in [0.3, 0.4) is 0 Å². The van der Waals surface area contributed by atoms with Crippen LogP contribution in [-0.4, -0.2) is 70.5 Å². The Balaban J connectivity index is 1.40. The first-order valence-electron chi connectivity index (χ1n) is 11.4. The monoisotopic (exact) mass is 515 g/mol. The van der Waals surface area contributed by atoms with Gasteiger partial charge in [0.15, 0.2) is 0 Å². The molecule has 2 fully saturated rings. The van der Waals surface area contributed by atoms with Crippen molar-refractivity contribution in [2.24, 2.45) is 0 Å². The molecule has 6 rings (SSSR count). The summed E-state index contributed by atoms with van der Waals surface area (Å²) in [4.78, 5) is 44.3. The van der Waals surface area contributed by atoms with E-state index in [-0.39, 0.29) is 49.5 Å². The van der Waals surface area contributed by atoms with Gasteiger partial charge >= 0.3 is 11.3 Å². The molecule has 4 aromatic heterocycles. The lowest BCUT2D eigenvalue weighted by atomic mass is 10.1. The van der Waals surface area contributed by atoms with Crippen LogP contribution in [0.2, 0.25) is 0 Å². The van der Waals surface area contributed by atoms with Crippen molar-refractivity contribution in [2.75, 3.05) is 13.1 Å². The third kappa shape index (κ3) is 4.27. The third-order valence-corrected chi connectivity index (χ3v) is 7.23. The van der Waals surface area contributed by atoms with Gasteiger partial charge in [0, 0.05) is 25.9 Å². The standard InChI is InChI=1S/C22H20F2N8O3S/c23-22(24)5-7-31(8-6-22)19(34)15-4-3-14(36-15)16-28-17-11(9-13-18(33)30-21(35)27-13)10-25-32(17)20(29-16)26-12-1-2-12/h3-4,9-10,12,33H,1-2,5-8H2,(H2,27,30,35)/p+1. The molecule has 2 aliphatic rings. The number of piperidine rings is 1. The maximum absolute atomic E-state index is 13.5. The lowest BCUT2D eigenvalue weighted by Gasteiger charge is -2.31. The second kappa shape index (κ2) is 8.33. The predicted octanol–water partition coefficient (Wildman–Crippen LogP) is -0.862. The number of aromatic nitrogens is 6. The van der Waals surface area contributed by atoms with Crippen molar-refractivity contribution < 1.29 is 23.7 Å². The molecular weight excluding hydrogens is 494 g/mol. The van der Waals surface area contributed by atoms with Crippen molar-refractivity contribution in [3.8, 4) is 16.6 Å². The number of carbonyl (C=O) groups excluding carboxylic acids is 1. The van der Waals surface area contributed by atoms with E-state index in [0.717, 1.165) is 12.8 Å². The van der Waals surface area contributed by atoms with E-state index < -0.39 is 11.6 Å². The van der Waals surface area contributed by atoms with Crippen LogP contribution in [0.25, 0.3) is 22.4 Å². The summed E-state index contributed by atoms with van der Waals surface area (Å²) in [6.07, 6.45) is 4.43. The minimum atomic E-state index is -2.73. The number of hydrogen-bond acceptors (Lipinski definition) is 7. The number of nitrogens with one attached hydrogen (secondary N) is 3. The Morgan fingerprint density at radius 2 is 2.00 bits per heavy atom. The predicted molar refractivity (Wildman–Crippen MR) is 123 cm³/mol. The molecule has 11 nitrogen and oxygen atoms in total. The van der Waals surface area contributed by atoms with Crippen molar-refractivity contribution in [2.45, 2.75) is 37.6 Å². The highest BCUT2D eigenvalue weighted by Crippen LogP contribution is 2.30. The Hall–Kier alpha value is -3.94. The van der Waals surface area contributed by atoms with E-state index in [0.29, 0.717) is 32.1 Å². The summed E-state index contributed by atoms with van der Waals surface area (Å²) in [5.74, 6) is -2.96. The number of hydrogen-bond donors (Lipinski definition) is 4. The molecule has 1 aliphatic heterocycles. The highest BCUT2D eigenvalue weighted by atomic mass is 32.1. The number of amides is 1. The molecule has 0 atom stereocenters. The molecule has 186 valence electrons. The lowest BCUT2D eigenvalue weighted by Crippen LogP contribution is -2.80. The van der Waals surface area contributed by atoms with Crippen LogP contribution in [0.15, 0.2) is 23.1 Å². The van der Waals surface area contributed by atoms with Crippen LogP contribution >= 0.6 is 11.3 Å². The molecular formula is C22H21F2N8O3S+. The van der Waals surface area contributed by atoms with Gasteiger partial charge in [0.25, 0.3) is 17.7 Å². The first kappa shape index (κ1) is 22.5. The van der Waals surface area contributed by atoms with Crippen LogP contribution in [0.5, 0.6) is 5.88 Å². The summed E-state index contributed by atoms with van der Waals surface area (Å²) in [7, 11) is 0. The van der Waals surface area contributed by atoms with Crippen molar-refractivity contribution in [3.63, 3.8) is 0 Å². The SMILES string of the molecule is O=C(c1ccc(-c2nc(=[NH+]C3CC3)n3ncc(=Cc4[nH]c(=O)[nH]c4O)c3n2)s1)N1CCC(F)(F)CC1. The van der Waals surface area contributed by atoms with E-state index >= 15 is 0 Å². The Bertz CT molecular complexity index is 1660. The zero-order valence-corrected chi connectivity index (χ0v) is 19.6. The van der Waals surface area contributed by atoms with Crippen LogP contribution in [-0.2, 0) is 0 Å².